The molecule has 0 bridgehead atoms. The standard InChI is InChI=1S/C29H46O4/c1-5-6-7-8-9-10-11-12-13-21-32-28(30)26-18-15-19-27(23-26)29(31)33-22-20-25(4)17-14-16-24(2)3/h15-16,18-19,23,25H,5-14,17,20-22H2,1-4H3. The molecule has 0 aliphatic carbocycles. The number of rotatable bonds is 18. The third kappa shape index (κ3) is 14.6. The van der Waals surface area contributed by atoms with Crippen molar-refractivity contribution in [2.75, 3.05) is 13.2 Å². The van der Waals surface area contributed by atoms with E-state index in [9.17, 15) is 9.59 Å². The first-order chi connectivity index (χ1) is 15.9. The predicted molar refractivity (Wildman–Crippen MR) is 137 cm³/mol. The van der Waals surface area contributed by atoms with Gasteiger partial charge in [0, 0.05) is 0 Å². The molecule has 4 heteroatoms. The highest BCUT2D eigenvalue weighted by Gasteiger charge is 2.13. The minimum atomic E-state index is -0.389. The van der Waals surface area contributed by atoms with Crippen molar-refractivity contribution < 1.29 is 19.1 Å². The summed E-state index contributed by atoms with van der Waals surface area (Å²) in [5.41, 5.74) is 2.13. The van der Waals surface area contributed by atoms with E-state index in [2.05, 4.69) is 33.8 Å². The molecular formula is C29H46O4. The van der Waals surface area contributed by atoms with Crippen molar-refractivity contribution in [1.82, 2.24) is 0 Å². The van der Waals surface area contributed by atoms with Crippen LogP contribution in [0.2, 0.25) is 0 Å². The fraction of sp³-hybridized carbons (Fsp3) is 0.655. The van der Waals surface area contributed by atoms with E-state index in [4.69, 9.17) is 9.47 Å². The molecule has 0 radical (unpaired) electrons. The largest absolute Gasteiger partial charge is 0.462 e. The average Bonchev–Trinajstić information content (AvgIpc) is 2.80. The molecular weight excluding hydrogens is 412 g/mol. The van der Waals surface area contributed by atoms with E-state index in [1.807, 2.05) is 0 Å². The van der Waals surface area contributed by atoms with Crippen LogP contribution in [0.5, 0.6) is 0 Å². The molecule has 0 aliphatic heterocycles. The van der Waals surface area contributed by atoms with E-state index >= 15 is 0 Å². The summed E-state index contributed by atoms with van der Waals surface area (Å²) in [6, 6.07) is 6.63. The van der Waals surface area contributed by atoms with Gasteiger partial charge in [0.1, 0.15) is 0 Å². The van der Waals surface area contributed by atoms with E-state index in [-0.39, 0.29) is 11.9 Å². The second-order valence-corrected chi connectivity index (χ2v) is 9.43. The van der Waals surface area contributed by atoms with E-state index in [0.717, 1.165) is 32.1 Å². The van der Waals surface area contributed by atoms with E-state index < -0.39 is 0 Å². The molecule has 0 aromatic heterocycles. The third-order valence-corrected chi connectivity index (χ3v) is 5.87. The monoisotopic (exact) mass is 458 g/mol. The summed E-state index contributed by atoms with van der Waals surface area (Å²) in [5.74, 6) is -0.270. The Bertz CT molecular complexity index is 703. The van der Waals surface area contributed by atoms with Crippen LogP contribution in [0.4, 0.5) is 0 Å². The van der Waals surface area contributed by atoms with Gasteiger partial charge in [-0.3, -0.25) is 0 Å². The molecule has 1 unspecified atom stereocenters. The van der Waals surface area contributed by atoms with Crippen LogP contribution in [0.25, 0.3) is 0 Å². The highest BCUT2D eigenvalue weighted by atomic mass is 16.5. The molecule has 1 aromatic carbocycles. The van der Waals surface area contributed by atoms with Gasteiger partial charge in [0.15, 0.2) is 0 Å². The quantitative estimate of drug-likeness (QED) is 0.126. The Kier molecular flexibility index (Phi) is 16.1. The maximum atomic E-state index is 12.4. The van der Waals surface area contributed by atoms with Crippen LogP contribution >= 0.6 is 0 Å². The van der Waals surface area contributed by atoms with Gasteiger partial charge in [0.2, 0.25) is 0 Å². The Morgan fingerprint density at radius 1 is 0.818 bits per heavy atom. The number of carbonyl (C=O) groups excluding carboxylic acids is 2. The first-order valence-corrected chi connectivity index (χ1v) is 13.0. The molecule has 4 nitrogen and oxygen atoms in total. The van der Waals surface area contributed by atoms with Gasteiger partial charge in [-0.1, -0.05) is 82.9 Å². The van der Waals surface area contributed by atoms with Crippen LogP contribution in [-0.2, 0) is 9.47 Å². The zero-order valence-corrected chi connectivity index (χ0v) is 21.5. The zero-order chi connectivity index (χ0) is 24.3. The molecule has 0 aliphatic rings. The van der Waals surface area contributed by atoms with Crippen molar-refractivity contribution in [2.24, 2.45) is 5.92 Å². The second-order valence-electron chi connectivity index (χ2n) is 9.43. The van der Waals surface area contributed by atoms with E-state index in [0.29, 0.717) is 30.3 Å². The number of unbranched alkanes of at least 4 members (excludes halogenated alkanes) is 8. The number of benzene rings is 1. The van der Waals surface area contributed by atoms with Gasteiger partial charge in [-0.15, -0.1) is 0 Å². The van der Waals surface area contributed by atoms with Crippen molar-refractivity contribution in [3.63, 3.8) is 0 Å². The molecule has 1 aromatic rings. The first-order valence-electron chi connectivity index (χ1n) is 13.0. The Hall–Kier alpha value is -2.10. The normalized spacial score (nSPS) is 11.6. The minimum absolute atomic E-state index is 0.378. The van der Waals surface area contributed by atoms with Crippen LogP contribution in [0.1, 0.15) is 125 Å². The molecule has 0 spiro atoms. The highest BCUT2D eigenvalue weighted by molar-refractivity contribution is 5.95. The summed E-state index contributed by atoms with van der Waals surface area (Å²) in [7, 11) is 0. The molecule has 33 heavy (non-hydrogen) atoms. The lowest BCUT2D eigenvalue weighted by Crippen LogP contribution is -2.11. The van der Waals surface area contributed by atoms with Crippen LogP contribution in [0.3, 0.4) is 0 Å². The molecule has 0 fully saturated rings. The van der Waals surface area contributed by atoms with Gasteiger partial charge in [-0.2, -0.15) is 0 Å². The lowest BCUT2D eigenvalue weighted by Gasteiger charge is -2.11. The zero-order valence-electron chi connectivity index (χ0n) is 21.5. The van der Waals surface area contributed by atoms with E-state index in [1.54, 1.807) is 24.3 Å². The fourth-order valence-electron chi connectivity index (χ4n) is 3.67. The van der Waals surface area contributed by atoms with Gasteiger partial charge in [0.05, 0.1) is 24.3 Å². The molecule has 186 valence electrons. The molecule has 0 saturated heterocycles. The van der Waals surface area contributed by atoms with Gasteiger partial charge < -0.3 is 9.47 Å². The SMILES string of the molecule is CCCCCCCCCCCOC(=O)c1cccc(C(=O)OCCC(C)CCC=C(C)C)c1. The van der Waals surface area contributed by atoms with Crippen molar-refractivity contribution in [3.8, 4) is 0 Å². The number of ether oxygens (including phenoxy) is 2. The molecule has 0 saturated carbocycles. The predicted octanol–water partition coefficient (Wildman–Crippen LogP) is 8.30. The number of esters is 2. The number of carbonyl (C=O) groups is 2. The maximum absolute atomic E-state index is 12.4. The maximum Gasteiger partial charge on any atom is 0.338 e. The minimum Gasteiger partial charge on any atom is -0.462 e. The van der Waals surface area contributed by atoms with Crippen molar-refractivity contribution in [1.29, 1.82) is 0 Å². The summed E-state index contributed by atoms with van der Waals surface area (Å²) >= 11 is 0. The topological polar surface area (TPSA) is 52.6 Å². The second kappa shape index (κ2) is 18.3. The van der Waals surface area contributed by atoms with Crippen LogP contribution < -0.4 is 0 Å². The fourth-order valence-corrected chi connectivity index (χ4v) is 3.67. The van der Waals surface area contributed by atoms with Gasteiger partial charge in [-0.25, -0.2) is 9.59 Å². The molecule has 1 rings (SSSR count). The summed E-state index contributed by atoms with van der Waals surface area (Å²) in [6.45, 7) is 9.44. The molecule has 1 atom stereocenters. The van der Waals surface area contributed by atoms with Crippen molar-refractivity contribution in [3.05, 3.63) is 47.0 Å². The Balaban J connectivity index is 2.25. The molecule has 0 heterocycles. The first kappa shape index (κ1) is 28.9. The van der Waals surface area contributed by atoms with Crippen LogP contribution in [0, 0.1) is 5.92 Å². The number of allylic oxidation sites excluding steroid dienone is 2. The lowest BCUT2D eigenvalue weighted by atomic mass is 10.0. The smallest absolute Gasteiger partial charge is 0.338 e. The summed E-state index contributed by atoms with van der Waals surface area (Å²) in [5, 5.41) is 0. The van der Waals surface area contributed by atoms with Gasteiger partial charge >= 0.3 is 11.9 Å². The Labute approximate surface area is 202 Å². The van der Waals surface area contributed by atoms with Crippen LogP contribution in [0.15, 0.2) is 35.9 Å². The molecule has 0 amide bonds. The summed E-state index contributed by atoms with van der Waals surface area (Å²) < 4.78 is 10.8. The van der Waals surface area contributed by atoms with Crippen LogP contribution in [-0.4, -0.2) is 25.2 Å². The van der Waals surface area contributed by atoms with Crippen molar-refractivity contribution in [2.45, 2.75) is 105 Å². The lowest BCUT2D eigenvalue weighted by molar-refractivity contribution is 0.0484. The summed E-state index contributed by atoms with van der Waals surface area (Å²) in [4.78, 5) is 24.7. The molecule has 0 N–H and O–H groups in total. The number of hydrogen-bond acceptors (Lipinski definition) is 4. The van der Waals surface area contributed by atoms with Gasteiger partial charge in [-0.05, 0) is 63.6 Å². The number of hydrogen-bond donors (Lipinski definition) is 0. The average molecular weight is 459 g/mol. The van der Waals surface area contributed by atoms with Crippen molar-refractivity contribution >= 4 is 11.9 Å². The van der Waals surface area contributed by atoms with Gasteiger partial charge in [0.25, 0.3) is 0 Å². The highest BCUT2D eigenvalue weighted by Crippen LogP contribution is 2.14. The third-order valence-electron chi connectivity index (χ3n) is 5.87. The van der Waals surface area contributed by atoms with E-state index in [1.165, 1.54) is 50.5 Å². The Morgan fingerprint density at radius 2 is 1.36 bits per heavy atom. The Morgan fingerprint density at radius 3 is 1.94 bits per heavy atom. The summed E-state index contributed by atoms with van der Waals surface area (Å²) in [6.07, 6.45) is 16.2.